The first kappa shape index (κ1) is 13.7. The minimum atomic E-state index is 0.404. The summed E-state index contributed by atoms with van der Waals surface area (Å²) in [7, 11) is 0. The van der Waals surface area contributed by atoms with Gasteiger partial charge in [-0.1, -0.05) is 26.0 Å². The fourth-order valence-electron chi connectivity index (χ4n) is 1.83. The van der Waals surface area contributed by atoms with Crippen LogP contribution in [-0.2, 0) is 6.61 Å². The Kier molecular flexibility index (Phi) is 4.32. The van der Waals surface area contributed by atoms with E-state index in [9.17, 15) is 4.79 Å². The molecule has 0 radical (unpaired) electrons. The third kappa shape index (κ3) is 3.41. The molecule has 19 heavy (non-hydrogen) atoms. The summed E-state index contributed by atoms with van der Waals surface area (Å²) in [6.07, 6.45) is 0.756. The Bertz CT molecular complexity index is 575. The molecule has 2 aromatic rings. The molecule has 0 unspecified atom stereocenters. The number of aromatic nitrogens is 1. The van der Waals surface area contributed by atoms with Crippen LogP contribution in [0.5, 0.6) is 5.75 Å². The number of hydrogen-bond acceptors (Lipinski definition) is 4. The van der Waals surface area contributed by atoms with Gasteiger partial charge in [0.1, 0.15) is 23.1 Å². The van der Waals surface area contributed by atoms with Crippen molar-refractivity contribution in [1.29, 1.82) is 0 Å². The molecule has 0 fully saturated rings. The van der Waals surface area contributed by atoms with Crippen LogP contribution in [0.2, 0.25) is 0 Å². The van der Waals surface area contributed by atoms with Crippen molar-refractivity contribution in [2.24, 2.45) is 0 Å². The Balaban J connectivity index is 2.14. The number of carbonyl (C=O) groups excluding carboxylic acids is 1. The van der Waals surface area contributed by atoms with Gasteiger partial charge in [0, 0.05) is 5.38 Å². The highest BCUT2D eigenvalue weighted by Gasteiger charge is 2.09. The third-order valence-corrected chi connectivity index (χ3v) is 3.67. The second-order valence-corrected chi connectivity index (χ2v) is 5.71. The SMILES string of the molecule is Cc1ccc(C(C)C)c(OCc2nc(C=O)cs2)c1. The minimum Gasteiger partial charge on any atom is -0.486 e. The first-order valence-electron chi connectivity index (χ1n) is 6.23. The summed E-state index contributed by atoms with van der Waals surface area (Å²) in [6, 6.07) is 6.24. The Hall–Kier alpha value is -1.68. The normalized spacial score (nSPS) is 10.7. The van der Waals surface area contributed by atoms with E-state index in [1.807, 2.05) is 13.0 Å². The number of rotatable bonds is 5. The van der Waals surface area contributed by atoms with E-state index in [0.717, 1.165) is 17.0 Å². The monoisotopic (exact) mass is 275 g/mol. The summed E-state index contributed by atoms with van der Waals surface area (Å²) in [5, 5.41) is 2.56. The van der Waals surface area contributed by atoms with Crippen LogP contribution in [0, 0.1) is 6.92 Å². The molecular formula is C15H17NO2S. The minimum absolute atomic E-state index is 0.404. The zero-order valence-corrected chi connectivity index (χ0v) is 12.2. The molecule has 3 nitrogen and oxygen atoms in total. The molecule has 0 amide bonds. The number of hydrogen-bond donors (Lipinski definition) is 0. The number of aryl methyl sites for hydroxylation is 1. The number of carbonyl (C=O) groups is 1. The van der Waals surface area contributed by atoms with Crippen LogP contribution in [0.1, 0.15) is 46.4 Å². The second kappa shape index (κ2) is 5.97. The van der Waals surface area contributed by atoms with Gasteiger partial charge >= 0.3 is 0 Å². The molecule has 0 aliphatic rings. The zero-order chi connectivity index (χ0) is 13.8. The number of thiazole rings is 1. The first-order chi connectivity index (χ1) is 9.10. The fourth-order valence-corrected chi connectivity index (χ4v) is 2.48. The van der Waals surface area contributed by atoms with Gasteiger partial charge in [-0.15, -0.1) is 11.3 Å². The third-order valence-electron chi connectivity index (χ3n) is 2.83. The molecule has 0 N–H and O–H groups in total. The predicted molar refractivity (Wildman–Crippen MR) is 77.1 cm³/mol. The number of ether oxygens (including phenoxy) is 1. The van der Waals surface area contributed by atoms with E-state index >= 15 is 0 Å². The predicted octanol–water partition coefficient (Wildman–Crippen LogP) is 3.97. The van der Waals surface area contributed by atoms with Crippen molar-refractivity contribution >= 4 is 17.6 Å². The van der Waals surface area contributed by atoms with Crippen molar-refractivity contribution < 1.29 is 9.53 Å². The highest BCUT2D eigenvalue weighted by atomic mass is 32.1. The van der Waals surface area contributed by atoms with E-state index in [2.05, 4.69) is 31.0 Å². The molecule has 0 aliphatic heterocycles. The molecule has 1 aromatic heterocycles. The van der Waals surface area contributed by atoms with Crippen molar-refractivity contribution in [2.75, 3.05) is 0 Å². The van der Waals surface area contributed by atoms with Gasteiger partial charge in [0.2, 0.25) is 0 Å². The molecule has 100 valence electrons. The van der Waals surface area contributed by atoms with Gasteiger partial charge in [0.25, 0.3) is 0 Å². The lowest BCUT2D eigenvalue weighted by Crippen LogP contribution is -2.00. The van der Waals surface area contributed by atoms with E-state index < -0.39 is 0 Å². The molecule has 1 heterocycles. The van der Waals surface area contributed by atoms with Crippen molar-refractivity contribution in [2.45, 2.75) is 33.3 Å². The molecule has 4 heteroatoms. The molecule has 0 bridgehead atoms. The maximum atomic E-state index is 10.6. The summed E-state index contributed by atoms with van der Waals surface area (Å²) in [4.78, 5) is 14.8. The number of nitrogens with zero attached hydrogens (tertiary/aromatic N) is 1. The lowest BCUT2D eigenvalue weighted by atomic mass is 10.0. The van der Waals surface area contributed by atoms with E-state index in [-0.39, 0.29) is 0 Å². The van der Waals surface area contributed by atoms with E-state index in [0.29, 0.717) is 18.2 Å². The van der Waals surface area contributed by atoms with Gasteiger partial charge in [-0.2, -0.15) is 0 Å². The van der Waals surface area contributed by atoms with Crippen LogP contribution in [0.3, 0.4) is 0 Å². The average molecular weight is 275 g/mol. The van der Waals surface area contributed by atoms with Crippen LogP contribution in [0.4, 0.5) is 0 Å². The highest BCUT2D eigenvalue weighted by molar-refractivity contribution is 7.09. The lowest BCUT2D eigenvalue weighted by Gasteiger charge is -2.14. The Morgan fingerprint density at radius 2 is 2.21 bits per heavy atom. The van der Waals surface area contributed by atoms with E-state index in [1.54, 1.807) is 5.38 Å². The van der Waals surface area contributed by atoms with Crippen LogP contribution >= 0.6 is 11.3 Å². The summed E-state index contributed by atoms with van der Waals surface area (Å²) < 4.78 is 5.86. The van der Waals surface area contributed by atoms with Gasteiger partial charge in [-0.25, -0.2) is 4.98 Å². The lowest BCUT2D eigenvalue weighted by molar-refractivity contribution is 0.111. The highest BCUT2D eigenvalue weighted by Crippen LogP contribution is 2.28. The molecule has 0 aliphatic carbocycles. The van der Waals surface area contributed by atoms with Crippen LogP contribution in [-0.4, -0.2) is 11.3 Å². The summed E-state index contributed by atoms with van der Waals surface area (Å²) >= 11 is 1.44. The Labute approximate surface area is 117 Å². The van der Waals surface area contributed by atoms with Crippen molar-refractivity contribution in [3.05, 3.63) is 45.4 Å². The quantitative estimate of drug-likeness (QED) is 0.775. The molecule has 0 spiro atoms. The Morgan fingerprint density at radius 1 is 1.42 bits per heavy atom. The zero-order valence-electron chi connectivity index (χ0n) is 11.3. The fraction of sp³-hybridized carbons (Fsp3) is 0.333. The molecular weight excluding hydrogens is 258 g/mol. The maximum absolute atomic E-state index is 10.6. The van der Waals surface area contributed by atoms with E-state index in [1.165, 1.54) is 22.5 Å². The molecule has 0 atom stereocenters. The topological polar surface area (TPSA) is 39.2 Å². The summed E-state index contributed by atoms with van der Waals surface area (Å²) in [6.45, 7) is 6.74. The molecule has 0 saturated heterocycles. The van der Waals surface area contributed by atoms with Crippen molar-refractivity contribution in [3.63, 3.8) is 0 Å². The summed E-state index contributed by atoms with van der Waals surface area (Å²) in [5.41, 5.74) is 2.84. The van der Waals surface area contributed by atoms with Gasteiger partial charge in [-0.3, -0.25) is 4.79 Å². The molecule has 0 saturated carbocycles. The van der Waals surface area contributed by atoms with Gasteiger partial charge < -0.3 is 4.74 Å². The van der Waals surface area contributed by atoms with Crippen LogP contribution in [0.15, 0.2) is 23.6 Å². The second-order valence-electron chi connectivity index (χ2n) is 4.77. The van der Waals surface area contributed by atoms with Gasteiger partial charge in [-0.05, 0) is 30.0 Å². The standard InChI is InChI=1S/C15H17NO2S/c1-10(2)13-5-4-11(3)6-14(13)18-8-15-16-12(7-17)9-19-15/h4-7,9-10H,8H2,1-3H3. The largest absolute Gasteiger partial charge is 0.486 e. The van der Waals surface area contributed by atoms with Crippen LogP contribution < -0.4 is 4.74 Å². The van der Waals surface area contributed by atoms with Crippen molar-refractivity contribution in [3.8, 4) is 5.75 Å². The number of aldehydes is 1. The first-order valence-corrected chi connectivity index (χ1v) is 7.11. The summed E-state index contributed by atoms with van der Waals surface area (Å²) in [5.74, 6) is 1.32. The van der Waals surface area contributed by atoms with Gasteiger partial charge in [0.05, 0.1) is 0 Å². The van der Waals surface area contributed by atoms with E-state index in [4.69, 9.17) is 4.74 Å². The molecule has 1 aromatic carbocycles. The average Bonchev–Trinajstić information content (AvgIpc) is 2.84. The molecule has 2 rings (SSSR count). The van der Waals surface area contributed by atoms with Gasteiger partial charge in [0.15, 0.2) is 6.29 Å². The van der Waals surface area contributed by atoms with Crippen molar-refractivity contribution in [1.82, 2.24) is 4.98 Å². The Morgan fingerprint density at radius 3 is 2.84 bits per heavy atom. The number of benzene rings is 1. The van der Waals surface area contributed by atoms with Crippen LogP contribution in [0.25, 0.3) is 0 Å². The maximum Gasteiger partial charge on any atom is 0.169 e. The smallest absolute Gasteiger partial charge is 0.169 e.